The van der Waals surface area contributed by atoms with Crippen LogP contribution in [0.5, 0.6) is 11.5 Å². The minimum Gasteiger partial charge on any atom is -0.493 e. The van der Waals surface area contributed by atoms with Crippen molar-refractivity contribution in [3.05, 3.63) is 42.4 Å². The summed E-state index contributed by atoms with van der Waals surface area (Å²) in [6.07, 6.45) is 1.35. The van der Waals surface area contributed by atoms with Crippen molar-refractivity contribution in [2.45, 2.75) is 31.2 Å². The number of aliphatic hydroxyl groups excluding tert-OH is 2. The van der Waals surface area contributed by atoms with Crippen molar-refractivity contribution >= 4 is 22.9 Å². The van der Waals surface area contributed by atoms with Crippen molar-refractivity contribution in [3.63, 3.8) is 0 Å². The van der Waals surface area contributed by atoms with Crippen LogP contribution in [0.15, 0.2) is 36.8 Å². The van der Waals surface area contributed by atoms with E-state index in [-0.39, 0.29) is 18.6 Å². The first-order valence-corrected chi connectivity index (χ1v) is 10.0. The highest BCUT2D eigenvalue weighted by atomic mass is 16.6. The molecular formula is C21H23N5O5. The summed E-state index contributed by atoms with van der Waals surface area (Å²) >= 11 is 0. The van der Waals surface area contributed by atoms with Crippen LogP contribution in [0, 0.1) is 5.92 Å². The highest BCUT2D eigenvalue weighted by Gasteiger charge is 2.43. The lowest BCUT2D eigenvalue weighted by Crippen LogP contribution is -2.33. The molecule has 3 heterocycles. The number of fused-ring (bicyclic) bond motifs is 2. The van der Waals surface area contributed by atoms with Crippen LogP contribution in [0.25, 0.3) is 11.0 Å². The Hall–Kier alpha value is -3.37. The number of nitrogens with two attached hydrogens (primary N) is 1. The predicted octanol–water partition coefficient (Wildman–Crippen LogP) is 1.32. The highest BCUT2D eigenvalue weighted by molar-refractivity contribution is 5.86. The predicted molar refractivity (Wildman–Crippen MR) is 111 cm³/mol. The molecule has 1 amide bonds. The molecule has 10 nitrogen and oxygen atoms in total. The van der Waals surface area contributed by atoms with Crippen LogP contribution >= 0.6 is 0 Å². The van der Waals surface area contributed by atoms with Gasteiger partial charge in [-0.3, -0.25) is 0 Å². The van der Waals surface area contributed by atoms with Gasteiger partial charge < -0.3 is 34.9 Å². The number of hydrogen-bond acceptors (Lipinski definition) is 8. The Morgan fingerprint density at radius 3 is 2.94 bits per heavy atom. The fraction of sp³-hybridized carbons (Fsp3) is 0.381. The van der Waals surface area contributed by atoms with Gasteiger partial charge in [-0.15, -0.1) is 0 Å². The first-order chi connectivity index (χ1) is 14.9. The normalized spacial score (nSPS) is 25.5. The third kappa shape index (κ3) is 3.33. The second kappa shape index (κ2) is 7.40. The fourth-order valence-corrected chi connectivity index (χ4v) is 4.34. The number of nitrogens with zero attached hydrogens (tertiary/aromatic N) is 4. The van der Waals surface area contributed by atoms with E-state index in [4.69, 9.17) is 15.2 Å². The average molecular weight is 425 g/mol. The third-order valence-corrected chi connectivity index (χ3v) is 6.09. The molecule has 0 radical (unpaired) electrons. The van der Waals surface area contributed by atoms with E-state index in [1.54, 1.807) is 31.4 Å². The Kier molecular flexibility index (Phi) is 4.67. The van der Waals surface area contributed by atoms with Gasteiger partial charge in [0, 0.05) is 30.8 Å². The van der Waals surface area contributed by atoms with Gasteiger partial charge in [-0.1, -0.05) is 0 Å². The maximum absolute atomic E-state index is 11.8. The summed E-state index contributed by atoms with van der Waals surface area (Å²) in [5, 5.41) is 22.0. The summed E-state index contributed by atoms with van der Waals surface area (Å²) in [4.78, 5) is 21.5. The van der Waals surface area contributed by atoms with Crippen LogP contribution in [0.2, 0.25) is 0 Å². The van der Waals surface area contributed by atoms with Gasteiger partial charge in [-0.25, -0.2) is 14.8 Å². The first-order valence-electron chi connectivity index (χ1n) is 10.0. The Morgan fingerprint density at radius 1 is 1.26 bits per heavy atom. The van der Waals surface area contributed by atoms with Crippen LogP contribution in [-0.2, 0) is 6.54 Å². The van der Waals surface area contributed by atoms with Gasteiger partial charge in [0.05, 0.1) is 30.7 Å². The molecule has 31 heavy (non-hydrogen) atoms. The largest absolute Gasteiger partial charge is 0.493 e. The summed E-state index contributed by atoms with van der Waals surface area (Å²) in [7, 11) is 1.67. The van der Waals surface area contributed by atoms with Gasteiger partial charge >= 0.3 is 6.09 Å². The number of carbonyl (C=O) groups excluding carboxylic acids is 1. The number of rotatable bonds is 4. The summed E-state index contributed by atoms with van der Waals surface area (Å²) in [6.45, 7) is 0.681. The van der Waals surface area contributed by atoms with Gasteiger partial charge in [0.2, 0.25) is 0 Å². The molecule has 1 aromatic carbocycles. The van der Waals surface area contributed by atoms with Gasteiger partial charge in [-0.05, 0) is 24.6 Å². The molecule has 0 spiro atoms. The molecule has 5 rings (SSSR count). The smallest absolute Gasteiger partial charge is 0.415 e. The minimum absolute atomic E-state index is 0.206. The zero-order valence-corrected chi connectivity index (χ0v) is 16.9. The second-order valence-electron chi connectivity index (χ2n) is 8.07. The summed E-state index contributed by atoms with van der Waals surface area (Å²) in [6, 6.07) is 6.77. The molecule has 2 aliphatic rings. The molecule has 1 fully saturated rings. The molecule has 0 bridgehead atoms. The van der Waals surface area contributed by atoms with Crippen LogP contribution in [-0.4, -0.2) is 61.6 Å². The van der Waals surface area contributed by atoms with E-state index < -0.39 is 18.3 Å². The molecule has 0 saturated heterocycles. The number of nitrogen functional groups attached to an aromatic ring is 1. The van der Waals surface area contributed by atoms with Crippen LogP contribution in [0.3, 0.4) is 0 Å². The van der Waals surface area contributed by atoms with E-state index in [1.165, 1.54) is 11.2 Å². The Morgan fingerprint density at radius 2 is 2.10 bits per heavy atom. The molecular weight excluding hydrogens is 402 g/mol. The van der Waals surface area contributed by atoms with E-state index in [0.717, 1.165) is 5.56 Å². The molecule has 1 saturated carbocycles. The van der Waals surface area contributed by atoms with Crippen molar-refractivity contribution in [2.75, 3.05) is 19.4 Å². The average Bonchev–Trinajstić information content (AvgIpc) is 3.30. The number of aromatic nitrogens is 3. The highest BCUT2D eigenvalue weighted by Crippen LogP contribution is 2.38. The van der Waals surface area contributed by atoms with E-state index >= 15 is 0 Å². The maximum atomic E-state index is 11.8. The molecule has 1 aliphatic carbocycles. The van der Waals surface area contributed by atoms with Crippen molar-refractivity contribution in [1.29, 1.82) is 0 Å². The van der Waals surface area contributed by atoms with Crippen LogP contribution in [0.1, 0.15) is 18.0 Å². The monoisotopic (exact) mass is 425 g/mol. The number of ether oxygens (including phenoxy) is 2. The Labute approximate surface area is 177 Å². The van der Waals surface area contributed by atoms with Crippen molar-refractivity contribution in [2.24, 2.45) is 5.92 Å². The number of hydrogen-bond donors (Lipinski definition) is 3. The number of benzene rings is 1. The van der Waals surface area contributed by atoms with E-state index in [9.17, 15) is 15.0 Å². The fourth-order valence-electron chi connectivity index (χ4n) is 4.34. The standard InChI is InChI=1S/C21H23N5O5/c1-25-8-11-2-3-13(7-16(11)31-21(25)29)30-9-12-6-15(18(28)17(12)27)26-5-4-14-19(22)23-10-24-20(14)26/h2-5,7,10,12,15,17-18,27-28H,6,8-9H2,1H3,(H2,22,23,24)/t12-,15-,17-,18+/m1/s1. The second-order valence-corrected chi connectivity index (χ2v) is 8.07. The quantitative estimate of drug-likeness (QED) is 0.569. The number of anilines is 1. The molecule has 162 valence electrons. The van der Waals surface area contributed by atoms with E-state index in [2.05, 4.69) is 9.97 Å². The number of aliphatic hydroxyl groups is 2. The lowest BCUT2D eigenvalue weighted by Gasteiger charge is -2.25. The van der Waals surface area contributed by atoms with E-state index in [1.807, 2.05) is 10.6 Å². The van der Waals surface area contributed by atoms with Gasteiger partial charge in [0.25, 0.3) is 0 Å². The summed E-state index contributed by atoms with van der Waals surface area (Å²) in [5.74, 6) is 1.09. The van der Waals surface area contributed by atoms with Crippen molar-refractivity contribution in [1.82, 2.24) is 19.4 Å². The lowest BCUT2D eigenvalue weighted by atomic mass is 10.1. The van der Waals surface area contributed by atoms with Crippen molar-refractivity contribution in [3.8, 4) is 11.5 Å². The molecule has 1 aliphatic heterocycles. The summed E-state index contributed by atoms with van der Waals surface area (Å²) < 4.78 is 13.0. The topological polar surface area (TPSA) is 136 Å². The number of carbonyl (C=O) groups is 1. The number of amides is 1. The zero-order valence-electron chi connectivity index (χ0n) is 16.9. The van der Waals surface area contributed by atoms with Crippen LogP contribution < -0.4 is 15.2 Å². The first kappa shape index (κ1) is 19.6. The molecule has 4 N–H and O–H groups in total. The van der Waals surface area contributed by atoms with Gasteiger partial charge in [-0.2, -0.15) is 0 Å². The molecule has 10 heteroatoms. The van der Waals surface area contributed by atoms with Crippen molar-refractivity contribution < 1.29 is 24.5 Å². The van der Waals surface area contributed by atoms with Gasteiger partial charge in [0.15, 0.2) is 0 Å². The maximum Gasteiger partial charge on any atom is 0.415 e. The molecule has 0 unspecified atom stereocenters. The SMILES string of the molecule is CN1Cc2ccc(OC[C@H]3C[C@@H](n4ccc5c(N)ncnc54)[C@H](O)[C@@H]3O)cc2OC1=O. The minimum atomic E-state index is -0.972. The lowest BCUT2D eigenvalue weighted by molar-refractivity contribution is -0.00144. The Bertz CT molecular complexity index is 1150. The van der Waals surface area contributed by atoms with Gasteiger partial charge in [0.1, 0.15) is 35.4 Å². The zero-order chi connectivity index (χ0) is 21.7. The van der Waals surface area contributed by atoms with E-state index in [0.29, 0.717) is 41.3 Å². The molecule has 4 atom stereocenters. The van der Waals surface area contributed by atoms with Crippen LogP contribution in [0.4, 0.5) is 10.6 Å². The Balaban J connectivity index is 1.30. The molecule has 2 aromatic heterocycles. The molecule has 3 aromatic rings. The third-order valence-electron chi connectivity index (χ3n) is 6.09. The summed E-state index contributed by atoms with van der Waals surface area (Å²) in [5.41, 5.74) is 7.42.